The van der Waals surface area contributed by atoms with Crippen molar-refractivity contribution in [2.24, 2.45) is 11.7 Å². The summed E-state index contributed by atoms with van der Waals surface area (Å²) in [6.45, 7) is 3.16. The lowest BCUT2D eigenvalue weighted by molar-refractivity contribution is -0.151. The minimum atomic E-state index is -1.66. The van der Waals surface area contributed by atoms with Crippen LogP contribution < -0.4 is 5.73 Å². The predicted octanol–water partition coefficient (Wildman–Crippen LogP) is -0.101. The summed E-state index contributed by atoms with van der Waals surface area (Å²) in [5, 5.41) is 17.1. The van der Waals surface area contributed by atoms with Crippen molar-refractivity contribution in [3.63, 3.8) is 0 Å². The summed E-state index contributed by atoms with van der Waals surface area (Å²) in [6.07, 6.45) is -0.556. The second kappa shape index (κ2) is 3.53. The molecule has 5 nitrogen and oxygen atoms in total. The molecule has 0 aliphatic heterocycles. The van der Waals surface area contributed by atoms with Gasteiger partial charge in [-0.25, -0.2) is 0 Å². The highest BCUT2D eigenvalue weighted by Gasteiger charge is 2.39. The monoisotopic (exact) mass is 175 g/mol. The van der Waals surface area contributed by atoms with Crippen molar-refractivity contribution in [2.75, 3.05) is 0 Å². The normalized spacial score (nSPS) is 15.7. The summed E-state index contributed by atoms with van der Waals surface area (Å²) in [5.74, 6) is -2.89. The number of aliphatic carboxylic acids is 2. The topological polar surface area (TPSA) is 101 Å². The Morgan fingerprint density at radius 1 is 1.42 bits per heavy atom. The zero-order valence-electron chi connectivity index (χ0n) is 7.07. The number of hydrogen-bond donors (Lipinski definition) is 3. The quantitative estimate of drug-likeness (QED) is 0.553. The Kier molecular flexibility index (Phi) is 3.21. The van der Waals surface area contributed by atoms with Crippen molar-refractivity contribution < 1.29 is 19.8 Å². The molecule has 0 aromatic rings. The molecule has 0 aliphatic carbocycles. The Balaban J connectivity index is 4.62. The van der Waals surface area contributed by atoms with Gasteiger partial charge in [0.1, 0.15) is 5.54 Å². The molecular weight excluding hydrogens is 162 g/mol. The van der Waals surface area contributed by atoms with Crippen LogP contribution in [0.1, 0.15) is 20.3 Å². The summed E-state index contributed by atoms with van der Waals surface area (Å²) in [5.41, 5.74) is 3.74. The summed E-state index contributed by atoms with van der Waals surface area (Å²) in [4.78, 5) is 20.9. The largest absolute Gasteiger partial charge is 0.481 e. The summed E-state index contributed by atoms with van der Waals surface area (Å²) in [6, 6.07) is 0. The van der Waals surface area contributed by atoms with Crippen LogP contribution in [0.4, 0.5) is 0 Å². The van der Waals surface area contributed by atoms with Crippen molar-refractivity contribution in [3.05, 3.63) is 0 Å². The highest BCUT2D eigenvalue weighted by atomic mass is 16.4. The molecule has 1 atom stereocenters. The van der Waals surface area contributed by atoms with Crippen LogP contribution in [0.5, 0.6) is 0 Å². The third-order valence-electron chi connectivity index (χ3n) is 1.87. The molecule has 0 aromatic carbocycles. The van der Waals surface area contributed by atoms with Gasteiger partial charge < -0.3 is 15.9 Å². The van der Waals surface area contributed by atoms with Gasteiger partial charge in [0.15, 0.2) is 0 Å². The van der Waals surface area contributed by atoms with Crippen LogP contribution in [0.15, 0.2) is 0 Å². The first-order chi connectivity index (χ1) is 5.30. The molecule has 0 heterocycles. The van der Waals surface area contributed by atoms with Gasteiger partial charge in [0, 0.05) is 0 Å². The lowest BCUT2D eigenvalue weighted by Crippen LogP contribution is -2.53. The van der Waals surface area contributed by atoms with Crippen LogP contribution in [0.25, 0.3) is 0 Å². The predicted molar refractivity (Wildman–Crippen MR) is 41.6 cm³/mol. The lowest BCUT2D eigenvalue weighted by Gasteiger charge is -2.26. The van der Waals surface area contributed by atoms with E-state index in [1.807, 2.05) is 0 Å². The first-order valence-corrected chi connectivity index (χ1v) is 3.54. The Morgan fingerprint density at radius 2 is 1.83 bits per heavy atom. The molecular formula is C7H13NO4. The molecule has 5 heteroatoms. The van der Waals surface area contributed by atoms with Gasteiger partial charge in [0.25, 0.3) is 0 Å². The van der Waals surface area contributed by atoms with Gasteiger partial charge in [-0.05, 0) is 5.92 Å². The Labute approximate surface area is 70.2 Å². The second-order valence-corrected chi connectivity index (χ2v) is 3.07. The van der Waals surface area contributed by atoms with Crippen molar-refractivity contribution in [1.82, 2.24) is 0 Å². The van der Waals surface area contributed by atoms with Crippen LogP contribution in [0.3, 0.4) is 0 Å². The molecule has 1 unspecified atom stereocenters. The first-order valence-electron chi connectivity index (χ1n) is 3.54. The number of hydrogen-bond acceptors (Lipinski definition) is 3. The molecule has 4 N–H and O–H groups in total. The van der Waals surface area contributed by atoms with Crippen molar-refractivity contribution in [3.8, 4) is 0 Å². The van der Waals surface area contributed by atoms with Gasteiger partial charge in [-0.3, -0.25) is 9.59 Å². The molecule has 0 saturated carbocycles. The maximum Gasteiger partial charge on any atom is 0.324 e. The molecule has 0 amide bonds. The molecule has 0 bridgehead atoms. The van der Waals surface area contributed by atoms with E-state index in [9.17, 15) is 9.59 Å². The molecule has 0 fully saturated rings. The maximum atomic E-state index is 10.6. The van der Waals surface area contributed by atoms with Crippen LogP contribution in [-0.4, -0.2) is 27.7 Å². The Morgan fingerprint density at radius 3 is 1.92 bits per heavy atom. The van der Waals surface area contributed by atoms with E-state index in [4.69, 9.17) is 15.9 Å². The summed E-state index contributed by atoms with van der Waals surface area (Å²) in [7, 11) is 0. The maximum absolute atomic E-state index is 10.6. The van der Waals surface area contributed by atoms with Gasteiger partial charge in [0.05, 0.1) is 6.42 Å². The van der Waals surface area contributed by atoms with Gasteiger partial charge in [-0.1, -0.05) is 13.8 Å². The zero-order chi connectivity index (χ0) is 9.94. The highest BCUT2D eigenvalue weighted by Crippen LogP contribution is 2.18. The van der Waals surface area contributed by atoms with E-state index in [0.717, 1.165) is 0 Å². The standard InChI is InChI=1S/C7H13NO4/c1-4(2)7(8,6(11)12)3-5(9)10/h4H,3,8H2,1-2H3,(H,9,10)(H,11,12). The number of carboxylic acid groups (broad SMARTS) is 2. The van der Waals surface area contributed by atoms with Gasteiger partial charge in [-0.2, -0.15) is 0 Å². The van der Waals surface area contributed by atoms with Crippen molar-refractivity contribution in [1.29, 1.82) is 0 Å². The van der Waals surface area contributed by atoms with E-state index in [1.54, 1.807) is 13.8 Å². The summed E-state index contributed by atoms with van der Waals surface area (Å²) < 4.78 is 0. The fourth-order valence-electron chi connectivity index (χ4n) is 0.777. The third-order valence-corrected chi connectivity index (χ3v) is 1.87. The summed E-state index contributed by atoms with van der Waals surface area (Å²) >= 11 is 0. The molecule has 12 heavy (non-hydrogen) atoms. The minimum Gasteiger partial charge on any atom is -0.481 e. The average Bonchev–Trinajstić information content (AvgIpc) is 1.84. The van der Waals surface area contributed by atoms with E-state index >= 15 is 0 Å². The van der Waals surface area contributed by atoms with E-state index < -0.39 is 29.8 Å². The van der Waals surface area contributed by atoms with Gasteiger partial charge in [0.2, 0.25) is 0 Å². The number of carbonyl (C=O) groups is 2. The van der Waals surface area contributed by atoms with E-state index in [1.165, 1.54) is 0 Å². The molecule has 0 saturated heterocycles. The third kappa shape index (κ3) is 2.20. The van der Waals surface area contributed by atoms with Crippen LogP contribution in [-0.2, 0) is 9.59 Å². The van der Waals surface area contributed by atoms with Crippen LogP contribution in [0.2, 0.25) is 0 Å². The van der Waals surface area contributed by atoms with Crippen molar-refractivity contribution in [2.45, 2.75) is 25.8 Å². The average molecular weight is 175 g/mol. The van der Waals surface area contributed by atoms with Crippen LogP contribution in [0, 0.1) is 5.92 Å². The van der Waals surface area contributed by atoms with Crippen LogP contribution >= 0.6 is 0 Å². The number of nitrogens with two attached hydrogens (primary N) is 1. The smallest absolute Gasteiger partial charge is 0.324 e. The fraction of sp³-hybridized carbons (Fsp3) is 0.714. The Bertz CT molecular complexity index is 202. The molecule has 0 rings (SSSR count). The van der Waals surface area contributed by atoms with Gasteiger partial charge in [-0.15, -0.1) is 0 Å². The van der Waals surface area contributed by atoms with E-state index in [0.29, 0.717) is 0 Å². The number of carboxylic acids is 2. The van der Waals surface area contributed by atoms with Crippen molar-refractivity contribution >= 4 is 11.9 Å². The molecule has 0 spiro atoms. The fourth-order valence-corrected chi connectivity index (χ4v) is 0.777. The molecule has 0 radical (unpaired) electrons. The highest BCUT2D eigenvalue weighted by molar-refractivity contribution is 5.85. The second-order valence-electron chi connectivity index (χ2n) is 3.07. The van der Waals surface area contributed by atoms with E-state index in [2.05, 4.69) is 0 Å². The molecule has 70 valence electrons. The lowest BCUT2D eigenvalue weighted by atomic mass is 9.84. The Hall–Kier alpha value is -1.10. The SMILES string of the molecule is CC(C)C(N)(CC(=O)O)C(=O)O. The first kappa shape index (κ1) is 10.9. The van der Waals surface area contributed by atoms with Gasteiger partial charge >= 0.3 is 11.9 Å². The number of rotatable bonds is 4. The molecule has 0 aromatic heterocycles. The van der Waals surface area contributed by atoms with E-state index in [-0.39, 0.29) is 0 Å². The zero-order valence-corrected chi connectivity index (χ0v) is 7.07. The molecule has 0 aliphatic rings. The minimum absolute atomic E-state index is 0.411.